The summed E-state index contributed by atoms with van der Waals surface area (Å²) in [6.07, 6.45) is 13.6. The number of aromatic amines is 1. The van der Waals surface area contributed by atoms with E-state index in [4.69, 9.17) is 4.98 Å². The van der Waals surface area contributed by atoms with Crippen LogP contribution < -0.4 is 11.2 Å². The third-order valence-corrected chi connectivity index (χ3v) is 7.21. The molecule has 1 fully saturated rings. The van der Waals surface area contributed by atoms with Gasteiger partial charge in [-0.05, 0) is 42.4 Å². The predicted octanol–water partition coefficient (Wildman–Crippen LogP) is 4.48. The monoisotopic (exact) mass is 471 g/mol. The Bertz CT molecular complexity index is 1370. The van der Waals surface area contributed by atoms with Crippen LogP contribution in [-0.2, 0) is 25.9 Å². The van der Waals surface area contributed by atoms with E-state index < -0.39 is 5.69 Å². The summed E-state index contributed by atoms with van der Waals surface area (Å²) in [6, 6.07) is 14.1. The van der Waals surface area contributed by atoms with Crippen molar-refractivity contribution in [3.8, 4) is 0 Å². The third kappa shape index (κ3) is 5.45. The van der Waals surface area contributed by atoms with Crippen LogP contribution in [0.2, 0.25) is 0 Å². The van der Waals surface area contributed by atoms with Gasteiger partial charge in [0.1, 0.15) is 5.82 Å². The highest BCUT2D eigenvalue weighted by Crippen LogP contribution is 2.29. The molecule has 0 aliphatic heterocycles. The molecule has 0 atom stereocenters. The topological polar surface area (TPSA) is 85.6 Å². The summed E-state index contributed by atoms with van der Waals surface area (Å²) < 4.78 is 3.66. The number of H-pyrrole nitrogens is 1. The Morgan fingerprint density at radius 2 is 1.71 bits per heavy atom. The van der Waals surface area contributed by atoms with Crippen LogP contribution in [0.1, 0.15) is 61.9 Å². The largest absolute Gasteiger partial charge is 0.330 e. The van der Waals surface area contributed by atoms with Crippen molar-refractivity contribution in [2.24, 2.45) is 5.92 Å². The molecular formula is C28H33N5O2. The molecule has 1 N–H and O–H groups in total. The van der Waals surface area contributed by atoms with Gasteiger partial charge in [-0.1, -0.05) is 68.5 Å². The maximum absolute atomic E-state index is 13.0. The van der Waals surface area contributed by atoms with Crippen molar-refractivity contribution in [3.63, 3.8) is 0 Å². The second-order valence-corrected chi connectivity index (χ2v) is 9.69. The summed E-state index contributed by atoms with van der Waals surface area (Å²) in [5, 5.41) is 0. The Labute approximate surface area is 204 Å². The standard InChI is InChI=1S/C28H33N5O2/c34-27-25-26(32(28(35)31-27)18-8-15-22-14-7-17-29-19-22)30-24(16-6-13-21-9-4-5-10-21)33(25)20-23-11-2-1-3-12-23/h1-3,7,11-12,14,17,19,21H,4-6,8-10,13,15-16,18,20H2,(H,31,34,35). The van der Waals surface area contributed by atoms with Gasteiger partial charge in [-0.2, -0.15) is 0 Å². The van der Waals surface area contributed by atoms with Gasteiger partial charge in [0, 0.05) is 31.9 Å². The number of pyridine rings is 1. The number of hydrogen-bond donors (Lipinski definition) is 1. The Kier molecular flexibility index (Phi) is 7.21. The van der Waals surface area contributed by atoms with Gasteiger partial charge < -0.3 is 4.57 Å². The Morgan fingerprint density at radius 1 is 0.914 bits per heavy atom. The lowest BCUT2D eigenvalue weighted by Crippen LogP contribution is -2.31. The van der Waals surface area contributed by atoms with Gasteiger partial charge in [0.2, 0.25) is 0 Å². The van der Waals surface area contributed by atoms with Gasteiger partial charge in [-0.25, -0.2) is 9.78 Å². The quantitative estimate of drug-likeness (QED) is 0.370. The van der Waals surface area contributed by atoms with E-state index in [-0.39, 0.29) is 5.56 Å². The van der Waals surface area contributed by atoms with Gasteiger partial charge in [-0.3, -0.25) is 19.3 Å². The van der Waals surface area contributed by atoms with E-state index in [0.717, 1.165) is 48.6 Å². The van der Waals surface area contributed by atoms with E-state index in [1.165, 1.54) is 32.1 Å². The van der Waals surface area contributed by atoms with Crippen LogP contribution in [0.4, 0.5) is 0 Å². The minimum absolute atomic E-state index is 0.362. The Morgan fingerprint density at radius 3 is 2.49 bits per heavy atom. The molecule has 0 bridgehead atoms. The molecule has 0 amide bonds. The SMILES string of the molecule is O=c1[nH]c(=O)n(CCCc2cccnc2)c2nc(CCCC3CCCC3)n(Cc3ccccc3)c12. The minimum Gasteiger partial charge on any atom is -0.318 e. The number of rotatable bonds is 10. The normalized spacial score (nSPS) is 14.2. The third-order valence-electron chi connectivity index (χ3n) is 7.21. The summed E-state index contributed by atoms with van der Waals surface area (Å²) in [5.74, 6) is 1.70. The summed E-state index contributed by atoms with van der Waals surface area (Å²) in [6.45, 7) is 1.05. The van der Waals surface area contributed by atoms with E-state index in [2.05, 4.69) is 22.1 Å². The molecule has 7 heteroatoms. The van der Waals surface area contributed by atoms with E-state index in [1.807, 2.05) is 41.1 Å². The molecule has 7 nitrogen and oxygen atoms in total. The fourth-order valence-corrected chi connectivity index (χ4v) is 5.39. The Hall–Kier alpha value is -3.48. The zero-order valence-corrected chi connectivity index (χ0v) is 20.2. The first-order valence-electron chi connectivity index (χ1n) is 12.8. The van der Waals surface area contributed by atoms with E-state index in [1.54, 1.807) is 10.8 Å². The number of aryl methyl sites for hydroxylation is 3. The zero-order valence-electron chi connectivity index (χ0n) is 20.2. The Balaban J connectivity index is 1.46. The van der Waals surface area contributed by atoms with Gasteiger partial charge >= 0.3 is 5.69 Å². The average molecular weight is 472 g/mol. The lowest BCUT2D eigenvalue weighted by Gasteiger charge is -2.11. The molecule has 0 radical (unpaired) electrons. The molecule has 4 aromatic rings. The fraction of sp³-hybridized carbons (Fsp3) is 0.429. The van der Waals surface area contributed by atoms with Gasteiger partial charge in [0.15, 0.2) is 11.2 Å². The zero-order chi connectivity index (χ0) is 24.0. The summed E-state index contributed by atoms with van der Waals surface area (Å²) in [5.41, 5.74) is 2.47. The molecule has 0 saturated heterocycles. The molecule has 3 heterocycles. The molecule has 3 aromatic heterocycles. The van der Waals surface area contributed by atoms with Crippen LogP contribution in [0.25, 0.3) is 11.2 Å². The van der Waals surface area contributed by atoms with E-state index >= 15 is 0 Å². The number of aromatic nitrogens is 5. The van der Waals surface area contributed by atoms with Crippen molar-refractivity contribution in [2.45, 2.75) is 70.9 Å². The lowest BCUT2D eigenvalue weighted by atomic mass is 10.0. The van der Waals surface area contributed by atoms with Crippen molar-refractivity contribution in [3.05, 3.63) is 92.6 Å². The highest BCUT2D eigenvalue weighted by Gasteiger charge is 2.20. The van der Waals surface area contributed by atoms with Crippen LogP contribution in [0.3, 0.4) is 0 Å². The van der Waals surface area contributed by atoms with Crippen molar-refractivity contribution in [1.82, 2.24) is 24.1 Å². The molecule has 1 saturated carbocycles. The summed E-state index contributed by atoms with van der Waals surface area (Å²) in [7, 11) is 0. The van der Waals surface area contributed by atoms with Gasteiger partial charge in [0.25, 0.3) is 5.56 Å². The first-order chi connectivity index (χ1) is 17.2. The number of imidazole rings is 1. The maximum atomic E-state index is 13.0. The highest BCUT2D eigenvalue weighted by molar-refractivity contribution is 5.71. The first kappa shape index (κ1) is 23.3. The number of nitrogens with zero attached hydrogens (tertiary/aromatic N) is 4. The lowest BCUT2D eigenvalue weighted by molar-refractivity contribution is 0.478. The van der Waals surface area contributed by atoms with E-state index in [0.29, 0.717) is 24.3 Å². The van der Waals surface area contributed by atoms with E-state index in [9.17, 15) is 9.59 Å². The number of fused-ring (bicyclic) bond motifs is 1. The fourth-order valence-electron chi connectivity index (χ4n) is 5.39. The molecule has 1 aromatic carbocycles. The molecule has 0 unspecified atom stereocenters. The molecule has 1 aliphatic carbocycles. The second kappa shape index (κ2) is 10.8. The van der Waals surface area contributed by atoms with Crippen LogP contribution in [0.15, 0.2) is 64.4 Å². The molecule has 1 aliphatic rings. The minimum atomic E-state index is -0.393. The van der Waals surface area contributed by atoms with Crippen LogP contribution in [0, 0.1) is 5.92 Å². The molecule has 182 valence electrons. The smallest absolute Gasteiger partial charge is 0.318 e. The van der Waals surface area contributed by atoms with Crippen LogP contribution in [0.5, 0.6) is 0 Å². The predicted molar refractivity (Wildman–Crippen MR) is 138 cm³/mol. The van der Waals surface area contributed by atoms with Crippen LogP contribution >= 0.6 is 0 Å². The number of nitrogens with one attached hydrogen (secondary N) is 1. The molecular weight excluding hydrogens is 438 g/mol. The first-order valence-corrected chi connectivity index (χ1v) is 12.8. The van der Waals surface area contributed by atoms with Crippen molar-refractivity contribution in [1.29, 1.82) is 0 Å². The van der Waals surface area contributed by atoms with Gasteiger partial charge in [0.05, 0.1) is 0 Å². The van der Waals surface area contributed by atoms with Crippen molar-refractivity contribution < 1.29 is 0 Å². The highest BCUT2D eigenvalue weighted by atomic mass is 16.2. The summed E-state index contributed by atoms with van der Waals surface area (Å²) in [4.78, 5) is 37.5. The van der Waals surface area contributed by atoms with Crippen molar-refractivity contribution >= 4 is 11.2 Å². The van der Waals surface area contributed by atoms with Crippen LogP contribution in [-0.4, -0.2) is 24.1 Å². The van der Waals surface area contributed by atoms with Crippen molar-refractivity contribution in [2.75, 3.05) is 0 Å². The second-order valence-electron chi connectivity index (χ2n) is 9.69. The molecule has 0 spiro atoms. The number of benzene rings is 1. The molecule has 35 heavy (non-hydrogen) atoms. The average Bonchev–Trinajstić information content (AvgIpc) is 3.51. The number of hydrogen-bond acceptors (Lipinski definition) is 4. The molecule has 5 rings (SSSR count). The maximum Gasteiger partial charge on any atom is 0.330 e. The van der Waals surface area contributed by atoms with Gasteiger partial charge in [-0.15, -0.1) is 0 Å². The summed E-state index contributed by atoms with van der Waals surface area (Å²) >= 11 is 0.